The van der Waals surface area contributed by atoms with Crippen molar-refractivity contribution in [3.8, 4) is 0 Å². The summed E-state index contributed by atoms with van der Waals surface area (Å²) in [6.07, 6.45) is 2.25. The highest BCUT2D eigenvalue weighted by molar-refractivity contribution is 9.10. The largest absolute Gasteiger partial charge is 0.289 e. The van der Waals surface area contributed by atoms with E-state index in [2.05, 4.69) is 15.9 Å². The zero-order chi connectivity index (χ0) is 15.9. The van der Waals surface area contributed by atoms with Crippen LogP contribution in [0, 0.1) is 0 Å². The van der Waals surface area contributed by atoms with E-state index in [-0.39, 0.29) is 23.5 Å². The van der Waals surface area contributed by atoms with E-state index in [1.165, 1.54) is 16.7 Å². The number of halogens is 1. The Labute approximate surface area is 147 Å². The number of sulfone groups is 1. The molecular formula is C14H12BrNO3S3. The van der Waals surface area contributed by atoms with Crippen LogP contribution in [0.5, 0.6) is 0 Å². The second-order valence-electron chi connectivity index (χ2n) is 5.16. The second-order valence-corrected chi connectivity index (χ2v) is 9.98. The van der Waals surface area contributed by atoms with Gasteiger partial charge < -0.3 is 0 Å². The molecule has 2 aliphatic heterocycles. The lowest BCUT2D eigenvalue weighted by molar-refractivity contribution is -0.123. The number of benzene rings is 1. The summed E-state index contributed by atoms with van der Waals surface area (Å²) in [5, 5.41) is 0. The summed E-state index contributed by atoms with van der Waals surface area (Å²) < 4.78 is 24.6. The fourth-order valence-electron chi connectivity index (χ4n) is 2.48. The molecule has 1 unspecified atom stereocenters. The lowest BCUT2D eigenvalue weighted by Gasteiger charge is -2.20. The van der Waals surface area contributed by atoms with Crippen LogP contribution in [0.4, 0.5) is 0 Å². The van der Waals surface area contributed by atoms with Gasteiger partial charge in [0.25, 0.3) is 5.91 Å². The molecule has 0 aliphatic carbocycles. The topological polar surface area (TPSA) is 54.5 Å². The monoisotopic (exact) mass is 417 g/mol. The Balaban J connectivity index is 1.84. The molecule has 0 bridgehead atoms. The van der Waals surface area contributed by atoms with Crippen molar-refractivity contribution in [2.24, 2.45) is 0 Å². The highest BCUT2D eigenvalue weighted by Crippen LogP contribution is 2.36. The number of nitrogens with zero attached hydrogens (tertiary/aromatic N) is 1. The Bertz CT molecular complexity index is 771. The Hall–Kier alpha value is -0.700. The number of thioether (sulfide) groups is 1. The molecule has 0 saturated carbocycles. The van der Waals surface area contributed by atoms with Crippen molar-refractivity contribution in [1.29, 1.82) is 0 Å². The van der Waals surface area contributed by atoms with Crippen LogP contribution < -0.4 is 0 Å². The third kappa shape index (κ3) is 3.29. The Morgan fingerprint density at radius 3 is 2.59 bits per heavy atom. The molecule has 0 aromatic heterocycles. The average Bonchev–Trinajstić information content (AvgIpc) is 2.93. The van der Waals surface area contributed by atoms with E-state index in [1.54, 1.807) is 6.08 Å². The quantitative estimate of drug-likeness (QED) is 0.546. The number of hydrogen-bond acceptors (Lipinski definition) is 5. The van der Waals surface area contributed by atoms with Crippen LogP contribution >= 0.6 is 39.9 Å². The van der Waals surface area contributed by atoms with Crippen LogP contribution in [-0.2, 0) is 14.6 Å². The number of amides is 1. The molecule has 22 heavy (non-hydrogen) atoms. The first kappa shape index (κ1) is 16.2. The molecule has 1 aromatic rings. The van der Waals surface area contributed by atoms with E-state index >= 15 is 0 Å². The minimum atomic E-state index is -3.05. The van der Waals surface area contributed by atoms with Crippen molar-refractivity contribution >= 4 is 66.1 Å². The fraction of sp³-hybridized carbons (Fsp3) is 0.286. The summed E-state index contributed by atoms with van der Waals surface area (Å²) in [7, 11) is -3.05. The van der Waals surface area contributed by atoms with Crippen molar-refractivity contribution in [3.05, 3.63) is 39.2 Å². The zero-order valence-electron chi connectivity index (χ0n) is 11.4. The minimum absolute atomic E-state index is 0.00496. The van der Waals surface area contributed by atoms with Gasteiger partial charge in [0.05, 0.1) is 22.5 Å². The third-order valence-electron chi connectivity index (χ3n) is 3.56. The zero-order valence-corrected chi connectivity index (χ0v) is 15.4. The molecule has 2 aliphatic rings. The van der Waals surface area contributed by atoms with Crippen LogP contribution in [0.25, 0.3) is 6.08 Å². The van der Waals surface area contributed by atoms with Gasteiger partial charge in [-0.15, -0.1) is 0 Å². The molecule has 116 valence electrons. The standard InChI is InChI=1S/C14H12BrNO3S3/c15-10-3-1-9(2-4-10)7-12-13(17)16(14(20)21-12)11-5-6-22(18,19)8-11/h1-4,7,11H,5-6,8H2. The molecule has 2 saturated heterocycles. The van der Waals surface area contributed by atoms with Gasteiger partial charge in [-0.1, -0.05) is 52.0 Å². The van der Waals surface area contributed by atoms with Gasteiger partial charge in [-0.25, -0.2) is 8.42 Å². The summed E-state index contributed by atoms with van der Waals surface area (Å²) in [6.45, 7) is 0. The highest BCUT2D eigenvalue weighted by Gasteiger charge is 2.41. The number of carbonyl (C=O) groups is 1. The SMILES string of the molecule is O=C1C(=Cc2ccc(Br)cc2)SC(=S)N1C1CCS(=O)(=O)C1. The molecule has 3 rings (SSSR count). The van der Waals surface area contributed by atoms with Crippen molar-refractivity contribution in [2.45, 2.75) is 12.5 Å². The molecule has 1 amide bonds. The van der Waals surface area contributed by atoms with Gasteiger partial charge in [0.2, 0.25) is 0 Å². The van der Waals surface area contributed by atoms with Gasteiger partial charge in [-0.3, -0.25) is 9.69 Å². The summed E-state index contributed by atoms with van der Waals surface area (Å²) in [6, 6.07) is 7.27. The minimum Gasteiger partial charge on any atom is -0.289 e. The molecule has 1 atom stereocenters. The first-order valence-corrected chi connectivity index (χ1v) is 10.4. The van der Waals surface area contributed by atoms with Crippen LogP contribution in [-0.4, -0.2) is 41.1 Å². The lowest BCUT2D eigenvalue weighted by atomic mass is 10.2. The molecule has 8 heteroatoms. The molecule has 0 N–H and O–H groups in total. The van der Waals surface area contributed by atoms with Crippen molar-refractivity contribution < 1.29 is 13.2 Å². The Morgan fingerprint density at radius 2 is 2.00 bits per heavy atom. The van der Waals surface area contributed by atoms with Crippen molar-refractivity contribution in [1.82, 2.24) is 4.90 Å². The smallest absolute Gasteiger partial charge is 0.266 e. The first-order chi connectivity index (χ1) is 10.4. The maximum Gasteiger partial charge on any atom is 0.266 e. The predicted octanol–water partition coefficient (Wildman–Crippen LogP) is 2.84. The van der Waals surface area contributed by atoms with Crippen LogP contribution in [0.15, 0.2) is 33.6 Å². The summed E-state index contributed by atoms with van der Waals surface area (Å²) in [5.41, 5.74) is 0.905. The maximum absolute atomic E-state index is 12.5. The van der Waals surface area contributed by atoms with E-state index in [1.807, 2.05) is 24.3 Å². The average molecular weight is 418 g/mol. The van der Waals surface area contributed by atoms with Crippen molar-refractivity contribution in [3.63, 3.8) is 0 Å². The molecule has 0 spiro atoms. The number of rotatable bonds is 2. The Morgan fingerprint density at radius 1 is 1.32 bits per heavy atom. The van der Waals surface area contributed by atoms with E-state index in [9.17, 15) is 13.2 Å². The van der Waals surface area contributed by atoms with Gasteiger partial charge in [0.1, 0.15) is 4.32 Å². The van der Waals surface area contributed by atoms with Crippen LogP contribution in [0.1, 0.15) is 12.0 Å². The van der Waals surface area contributed by atoms with E-state index in [4.69, 9.17) is 12.2 Å². The molecule has 2 fully saturated rings. The van der Waals surface area contributed by atoms with E-state index in [0.717, 1.165) is 10.0 Å². The molecule has 4 nitrogen and oxygen atoms in total. The van der Waals surface area contributed by atoms with Crippen LogP contribution in [0.2, 0.25) is 0 Å². The maximum atomic E-state index is 12.5. The first-order valence-electron chi connectivity index (χ1n) is 6.59. The number of hydrogen-bond donors (Lipinski definition) is 0. The summed E-state index contributed by atoms with van der Waals surface area (Å²) >= 11 is 9.86. The number of carbonyl (C=O) groups excluding carboxylic acids is 1. The molecule has 2 heterocycles. The van der Waals surface area contributed by atoms with Gasteiger partial charge in [-0.2, -0.15) is 0 Å². The van der Waals surface area contributed by atoms with Gasteiger partial charge in [0.15, 0.2) is 9.84 Å². The van der Waals surface area contributed by atoms with Gasteiger partial charge in [0, 0.05) is 4.47 Å². The molecule has 1 aromatic carbocycles. The fourth-order valence-corrected chi connectivity index (χ4v) is 5.85. The second kappa shape index (κ2) is 6.07. The normalized spacial score (nSPS) is 26.1. The Kier molecular flexibility index (Phi) is 4.46. The van der Waals surface area contributed by atoms with E-state index in [0.29, 0.717) is 15.6 Å². The molecular weight excluding hydrogens is 406 g/mol. The van der Waals surface area contributed by atoms with Crippen LogP contribution in [0.3, 0.4) is 0 Å². The van der Waals surface area contributed by atoms with Crippen molar-refractivity contribution in [2.75, 3.05) is 11.5 Å². The summed E-state index contributed by atoms with van der Waals surface area (Å²) in [4.78, 5) is 14.5. The van der Waals surface area contributed by atoms with Gasteiger partial charge >= 0.3 is 0 Å². The highest BCUT2D eigenvalue weighted by atomic mass is 79.9. The number of thiocarbonyl (C=S) groups is 1. The molecule has 0 radical (unpaired) electrons. The third-order valence-corrected chi connectivity index (χ3v) is 7.17. The van der Waals surface area contributed by atoms with E-state index < -0.39 is 9.84 Å². The lowest BCUT2D eigenvalue weighted by Crippen LogP contribution is -2.39. The van der Waals surface area contributed by atoms with Gasteiger partial charge in [-0.05, 0) is 30.2 Å². The predicted molar refractivity (Wildman–Crippen MR) is 96.2 cm³/mol. The summed E-state index contributed by atoms with van der Waals surface area (Å²) in [5.74, 6) is -0.0640.